The van der Waals surface area contributed by atoms with Crippen molar-refractivity contribution in [2.24, 2.45) is 10.8 Å². The van der Waals surface area contributed by atoms with E-state index in [2.05, 4.69) is 15.3 Å². The minimum atomic E-state index is -0.515. The highest BCUT2D eigenvalue weighted by molar-refractivity contribution is 6.34. The van der Waals surface area contributed by atoms with E-state index in [0.717, 1.165) is 12.8 Å². The highest BCUT2D eigenvalue weighted by Gasteiger charge is 2.51. The van der Waals surface area contributed by atoms with Crippen molar-refractivity contribution in [3.8, 4) is 0 Å². The highest BCUT2D eigenvalue weighted by atomic mass is 35.5. The molecule has 1 saturated carbocycles. The molecule has 2 spiro atoms. The molecule has 202 valence electrons. The van der Waals surface area contributed by atoms with E-state index in [1.165, 1.54) is 12.4 Å². The van der Waals surface area contributed by atoms with Crippen molar-refractivity contribution < 1.29 is 23.5 Å². The number of nitrogens with one attached hydrogen (secondary N) is 2. The number of aromatic amines is 1. The predicted octanol–water partition coefficient (Wildman–Crippen LogP) is 3.47. The minimum absolute atomic E-state index is 0.0204. The second-order valence-electron chi connectivity index (χ2n) is 11.4. The number of carbonyl (C=O) groups excluding carboxylic acids is 3. The molecule has 2 N–H and O–H groups in total. The summed E-state index contributed by atoms with van der Waals surface area (Å²) in [5, 5.41) is 3.28. The maximum atomic E-state index is 13.9. The van der Waals surface area contributed by atoms with Gasteiger partial charge in [0, 0.05) is 31.1 Å². The van der Waals surface area contributed by atoms with Gasteiger partial charge in [-0.05, 0) is 63.1 Å². The number of nitrogens with zero attached hydrogens (tertiary/aromatic N) is 3. The number of likely N-dealkylation sites (tertiary alicyclic amines) is 1. The van der Waals surface area contributed by atoms with Gasteiger partial charge in [0.05, 0.1) is 35.7 Å². The van der Waals surface area contributed by atoms with E-state index in [4.69, 9.17) is 16.3 Å². The van der Waals surface area contributed by atoms with Crippen LogP contribution in [0.5, 0.6) is 0 Å². The van der Waals surface area contributed by atoms with Crippen LogP contribution in [-0.4, -0.2) is 71.5 Å². The van der Waals surface area contributed by atoms with Crippen molar-refractivity contribution in [1.82, 2.24) is 20.2 Å². The third-order valence-electron chi connectivity index (χ3n) is 8.76. The van der Waals surface area contributed by atoms with Gasteiger partial charge in [0.25, 0.3) is 11.8 Å². The SMILES string of the molecule is Cc1cc(N2CCC[C@]3(CC[C@@H](NC(=O)c4[nH]cnc4C(=O)N4CC5(COC5)C4)CC3)C2=O)c(Cl)cc1F. The van der Waals surface area contributed by atoms with Gasteiger partial charge in [-0.25, -0.2) is 9.37 Å². The smallest absolute Gasteiger partial charge is 0.274 e. The van der Waals surface area contributed by atoms with Crippen LogP contribution in [0.25, 0.3) is 0 Å². The topological polar surface area (TPSA) is 108 Å². The molecule has 0 bridgehead atoms. The van der Waals surface area contributed by atoms with Gasteiger partial charge in [-0.3, -0.25) is 14.4 Å². The molecule has 1 aromatic heterocycles. The summed E-state index contributed by atoms with van der Waals surface area (Å²) in [5.74, 6) is -0.983. The normalized spacial score (nSPS) is 26.3. The first kappa shape index (κ1) is 25.3. The largest absolute Gasteiger partial charge is 0.380 e. The third kappa shape index (κ3) is 4.18. The van der Waals surface area contributed by atoms with E-state index in [9.17, 15) is 18.8 Å². The number of ether oxygens (including phenoxy) is 1. The van der Waals surface area contributed by atoms with Crippen LogP contribution < -0.4 is 10.2 Å². The Morgan fingerprint density at radius 2 is 1.95 bits per heavy atom. The second kappa shape index (κ2) is 9.34. The van der Waals surface area contributed by atoms with Crippen molar-refractivity contribution >= 4 is 35.0 Å². The third-order valence-corrected chi connectivity index (χ3v) is 9.06. The van der Waals surface area contributed by atoms with Crippen molar-refractivity contribution in [2.75, 3.05) is 37.7 Å². The lowest BCUT2D eigenvalue weighted by Gasteiger charge is -2.54. The zero-order chi connectivity index (χ0) is 26.7. The molecule has 9 nitrogen and oxygen atoms in total. The van der Waals surface area contributed by atoms with Gasteiger partial charge in [0.2, 0.25) is 5.91 Å². The van der Waals surface area contributed by atoms with E-state index in [1.54, 1.807) is 22.8 Å². The summed E-state index contributed by atoms with van der Waals surface area (Å²) in [6, 6.07) is 2.80. The van der Waals surface area contributed by atoms with E-state index in [1.807, 2.05) is 0 Å². The molecule has 0 radical (unpaired) electrons. The van der Waals surface area contributed by atoms with Crippen molar-refractivity contribution in [1.29, 1.82) is 0 Å². The maximum absolute atomic E-state index is 13.9. The Morgan fingerprint density at radius 3 is 2.63 bits per heavy atom. The van der Waals surface area contributed by atoms with Crippen LogP contribution in [0.4, 0.5) is 10.1 Å². The Hall–Kier alpha value is -2.98. The molecular formula is C27H31ClFN5O4. The summed E-state index contributed by atoms with van der Waals surface area (Å²) in [5.41, 5.74) is 0.875. The molecule has 11 heteroatoms. The minimum Gasteiger partial charge on any atom is -0.380 e. The lowest BCUT2D eigenvalue weighted by Crippen LogP contribution is -2.67. The monoisotopic (exact) mass is 543 g/mol. The van der Waals surface area contributed by atoms with Crippen molar-refractivity contribution in [3.63, 3.8) is 0 Å². The fraction of sp³-hybridized carbons (Fsp3) is 0.556. The van der Waals surface area contributed by atoms with Crippen LogP contribution in [0.2, 0.25) is 5.02 Å². The number of hydrogen-bond acceptors (Lipinski definition) is 5. The van der Waals surface area contributed by atoms with Crippen LogP contribution in [-0.2, 0) is 9.53 Å². The number of aromatic nitrogens is 2. The fourth-order valence-corrected chi connectivity index (χ4v) is 6.70. The quantitative estimate of drug-likeness (QED) is 0.614. The summed E-state index contributed by atoms with van der Waals surface area (Å²) in [7, 11) is 0. The number of rotatable bonds is 4. The van der Waals surface area contributed by atoms with Crippen LogP contribution in [0.1, 0.15) is 65.1 Å². The molecule has 4 heterocycles. The molecule has 1 aliphatic carbocycles. The van der Waals surface area contributed by atoms with Gasteiger partial charge in [0.1, 0.15) is 11.5 Å². The Kier molecular flexibility index (Phi) is 6.22. The molecule has 3 aliphatic heterocycles. The molecule has 6 rings (SSSR count). The molecular weight excluding hydrogens is 513 g/mol. The van der Waals surface area contributed by atoms with E-state index >= 15 is 0 Å². The number of benzene rings is 1. The van der Waals surface area contributed by atoms with Crippen LogP contribution >= 0.6 is 11.6 Å². The van der Waals surface area contributed by atoms with E-state index in [0.29, 0.717) is 69.8 Å². The summed E-state index contributed by atoms with van der Waals surface area (Å²) in [6.45, 7) is 4.80. The van der Waals surface area contributed by atoms with E-state index in [-0.39, 0.29) is 45.6 Å². The Labute approximate surface area is 225 Å². The first-order valence-corrected chi connectivity index (χ1v) is 13.6. The fourth-order valence-electron chi connectivity index (χ4n) is 6.44. The van der Waals surface area contributed by atoms with Gasteiger partial charge in [-0.1, -0.05) is 11.6 Å². The number of hydrogen-bond donors (Lipinski definition) is 2. The number of amides is 3. The molecule has 4 fully saturated rings. The number of halogens is 2. The number of carbonyl (C=O) groups is 3. The zero-order valence-electron chi connectivity index (χ0n) is 21.3. The lowest BCUT2D eigenvalue weighted by molar-refractivity contribution is -0.176. The average Bonchev–Trinajstić information content (AvgIpc) is 3.33. The van der Waals surface area contributed by atoms with Gasteiger partial charge in [-0.2, -0.15) is 0 Å². The number of H-pyrrole nitrogens is 1. The lowest BCUT2D eigenvalue weighted by atomic mass is 9.67. The Balaban J connectivity index is 1.08. The molecule has 3 amide bonds. The molecule has 2 aromatic rings. The zero-order valence-corrected chi connectivity index (χ0v) is 22.1. The van der Waals surface area contributed by atoms with Gasteiger partial charge >= 0.3 is 0 Å². The second-order valence-corrected chi connectivity index (χ2v) is 11.8. The van der Waals surface area contributed by atoms with Crippen LogP contribution in [0.15, 0.2) is 18.5 Å². The van der Waals surface area contributed by atoms with Gasteiger partial charge in [0.15, 0.2) is 5.69 Å². The first-order chi connectivity index (χ1) is 18.2. The molecule has 0 unspecified atom stereocenters. The number of anilines is 1. The van der Waals surface area contributed by atoms with Crippen molar-refractivity contribution in [2.45, 2.75) is 51.5 Å². The van der Waals surface area contributed by atoms with Gasteiger partial charge in [-0.15, -0.1) is 0 Å². The summed E-state index contributed by atoms with van der Waals surface area (Å²) < 4.78 is 19.2. The Morgan fingerprint density at radius 1 is 1.21 bits per heavy atom. The first-order valence-electron chi connectivity index (χ1n) is 13.2. The molecule has 38 heavy (non-hydrogen) atoms. The molecule has 0 atom stereocenters. The molecule has 3 saturated heterocycles. The maximum Gasteiger partial charge on any atom is 0.274 e. The van der Waals surface area contributed by atoms with Crippen LogP contribution in [0, 0.1) is 23.6 Å². The predicted molar refractivity (Wildman–Crippen MR) is 138 cm³/mol. The number of imidazole rings is 1. The molecule has 4 aliphatic rings. The summed E-state index contributed by atoms with van der Waals surface area (Å²) in [4.78, 5) is 50.1. The molecule has 1 aromatic carbocycles. The van der Waals surface area contributed by atoms with Crippen molar-refractivity contribution in [3.05, 3.63) is 46.3 Å². The standard InChI is InChI=1S/C27H31ClFN5O4/c1-16-9-20(18(28)10-19(16)29)34-8-2-5-27(25(34)37)6-3-17(4-7-27)32-23(35)21-22(31-15-30-21)24(36)33-11-26(12-33)13-38-14-26/h9-10,15,17H,2-8,11-14H2,1H3,(H,30,31)(H,32,35)/t17-,27-. The number of piperidine rings is 1. The Bertz CT molecular complexity index is 1290. The van der Waals surface area contributed by atoms with Gasteiger partial charge < -0.3 is 24.8 Å². The van der Waals surface area contributed by atoms with Crippen LogP contribution in [0.3, 0.4) is 0 Å². The highest BCUT2D eigenvalue weighted by Crippen LogP contribution is 2.46. The average molecular weight is 544 g/mol. The van der Waals surface area contributed by atoms with E-state index < -0.39 is 11.2 Å². The summed E-state index contributed by atoms with van der Waals surface area (Å²) >= 11 is 6.33. The number of aryl methyl sites for hydroxylation is 1. The summed E-state index contributed by atoms with van der Waals surface area (Å²) in [6.07, 6.45) is 5.55.